The maximum absolute atomic E-state index is 12.5. The van der Waals surface area contributed by atoms with Crippen molar-refractivity contribution >= 4 is 35.3 Å². The number of aldehydes is 1. The molecule has 4 N–H and O–H groups in total. The van der Waals surface area contributed by atoms with E-state index in [1.54, 1.807) is 30.3 Å². The normalized spacial score (nSPS) is 12.2. The number of anilines is 2. The average molecular weight is 414 g/mol. The van der Waals surface area contributed by atoms with Gasteiger partial charge in [0.25, 0.3) is 5.91 Å². The van der Waals surface area contributed by atoms with Crippen LogP contribution in [0.4, 0.5) is 11.5 Å². The second-order valence-electron chi connectivity index (χ2n) is 6.74. The van der Waals surface area contributed by atoms with Crippen molar-refractivity contribution in [2.45, 2.75) is 33.3 Å². The Balaban J connectivity index is 2.24. The maximum Gasteiger partial charge on any atom is 0.257 e. The van der Waals surface area contributed by atoms with Crippen molar-refractivity contribution < 1.29 is 14.7 Å². The number of hydrogen-bond acceptors (Lipinski definition) is 5. The Labute approximate surface area is 175 Å². The molecule has 29 heavy (non-hydrogen) atoms. The van der Waals surface area contributed by atoms with Gasteiger partial charge in [-0.05, 0) is 44.0 Å². The molecule has 1 aromatic heterocycles. The molecule has 2 rings (SSSR count). The molecular weight excluding hydrogens is 390 g/mol. The van der Waals surface area contributed by atoms with Crippen molar-refractivity contribution in [3.05, 3.63) is 64.3 Å². The average Bonchev–Trinajstić information content (AvgIpc) is 2.67. The van der Waals surface area contributed by atoms with E-state index in [0.29, 0.717) is 40.1 Å². The monoisotopic (exact) mass is 413 g/mol. The summed E-state index contributed by atoms with van der Waals surface area (Å²) < 4.78 is 0. The molecular formula is C22H24ClN3O3. The second-order valence-corrected chi connectivity index (χ2v) is 7.14. The fraction of sp³-hybridized carbons (Fsp3) is 0.227. The highest BCUT2D eigenvalue weighted by Crippen LogP contribution is 2.31. The highest BCUT2D eigenvalue weighted by atomic mass is 35.5. The fourth-order valence-corrected chi connectivity index (χ4v) is 3.03. The first kappa shape index (κ1) is 22.3. The van der Waals surface area contributed by atoms with E-state index in [2.05, 4.69) is 10.3 Å². The summed E-state index contributed by atoms with van der Waals surface area (Å²) in [6, 6.07) is 6.53. The third kappa shape index (κ3) is 5.76. The first-order valence-electron chi connectivity index (χ1n) is 9.11. The number of benzene rings is 1. The van der Waals surface area contributed by atoms with Gasteiger partial charge in [-0.2, -0.15) is 0 Å². The van der Waals surface area contributed by atoms with Crippen LogP contribution in [0.25, 0.3) is 11.1 Å². The number of rotatable bonds is 7. The molecule has 1 atom stereocenters. The number of amides is 1. The van der Waals surface area contributed by atoms with Gasteiger partial charge in [-0.25, -0.2) is 4.98 Å². The van der Waals surface area contributed by atoms with Gasteiger partial charge in [0.1, 0.15) is 5.82 Å². The van der Waals surface area contributed by atoms with Crippen LogP contribution in [0.5, 0.6) is 0 Å². The quantitative estimate of drug-likeness (QED) is 0.461. The van der Waals surface area contributed by atoms with Gasteiger partial charge >= 0.3 is 0 Å². The minimum absolute atomic E-state index is 0.144. The summed E-state index contributed by atoms with van der Waals surface area (Å²) in [7, 11) is 0. The highest BCUT2D eigenvalue weighted by molar-refractivity contribution is 6.33. The Morgan fingerprint density at radius 3 is 2.66 bits per heavy atom. The summed E-state index contributed by atoms with van der Waals surface area (Å²) in [5.74, 6) is -0.409. The van der Waals surface area contributed by atoms with Gasteiger partial charge < -0.3 is 16.2 Å². The van der Waals surface area contributed by atoms with Crippen molar-refractivity contribution in [1.29, 1.82) is 0 Å². The summed E-state index contributed by atoms with van der Waals surface area (Å²) in [5.41, 5.74) is 9.14. The Hall–Kier alpha value is -2.96. The van der Waals surface area contributed by atoms with Crippen LogP contribution in [0.1, 0.15) is 37.6 Å². The highest BCUT2D eigenvalue weighted by Gasteiger charge is 2.19. The van der Waals surface area contributed by atoms with E-state index in [-0.39, 0.29) is 11.4 Å². The number of aliphatic hydroxyl groups is 1. The predicted octanol–water partition coefficient (Wildman–Crippen LogP) is 4.40. The summed E-state index contributed by atoms with van der Waals surface area (Å²) in [6.45, 7) is 5.73. The van der Waals surface area contributed by atoms with Gasteiger partial charge in [-0.1, -0.05) is 42.3 Å². The van der Waals surface area contributed by atoms with Crippen molar-refractivity contribution in [1.82, 2.24) is 4.98 Å². The molecule has 0 radical (unpaired) electrons. The Morgan fingerprint density at radius 1 is 1.34 bits per heavy atom. The number of allylic oxidation sites excluding steroid dienone is 2. The number of hydrogen-bond donors (Lipinski definition) is 3. The van der Waals surface area contributed by atoms with Gasteiger partial charge in [0.05, 0.1) is 10.6 Å². The Kier molecular flexibility index (Phi) is 7.70. The van der Waals surface area contributed by atoms with Crippen molar-refractivity contribution in [2.24, 2.45) is 0 Å². The molecule has 7 heteroatoms. The molecule has 0 aliphatic carbocycles. The largest absolute Gasteiger partial charge is 0.383 e. The van der Waals surface area contributed by atoms with Crippen molar-refractivity contribution in [3.63, 3.8) is 0 Å². The third-order valence-corrected chi connectivity index (χ3v) is 4.40. The van der Waals surface area contributed by atoms with Crippen LogP contribution in [0.15, 0.2) is 53.8 Å². The minimum atomic E-state index is -1.29. The number of nitrogens with two attached hydrogens (primary N) is 1. The number of carbonyl (C=O) groups is 2. The molecule has 1 heterocycles. The SMILES string of the molecule is CC/C=C(\C=C(C)C)C(O)C(=O)Nc1ccc(-c2cnc(N)c(C=O)c2)c(Cl)c1. The van der Waals surface area contributed by atoms with Crippen LogP contribution in [-0.4, -0.2) is 28.4 Å². The van der Waals surface area contributed by atoms with Gasteiger partial charge in [0.2, 0.25) is 0 Å². The molecule has 0 aliphatic rings. The van der Waals surface area contributed by atoms with Crippen LogP contribution in [-0.2, 0) is 4.79 Å². The zero-order chi connectivity index (χ0) is 21.6. The number of nitrogens with zero attached hydrogens (tertiary/aromatic N) is 1. The summed E-state index contributed by atoms with van der Waals surface area (Å²) in [6.07, 6.45) is 5.15. The molecule has 152 valence electrons. The number of carbonyl (C=O) groups excluding carboxylic acids is 2. The number of aliphatic hydroxyl groups excluding tert-OH is 1. The predicted molar refractivity (Wildman–Crippen MR) is 117 cm³/mol. The molecule has 0 spiro atoms. The van der Waals surface area contributed by atoms with E-state index in [1.165, 1.54) is 6.20 Å². The van der Waals surface area contributed by atoms with Crippen LogP contribution < -0.4 is 11.1 Å². The number of pyridine rings is 1. The van der Waals surface area contributed by atoms with Gasteiger partial charge in [-0.3, -0.25) is 9.59 Å². The topological polar surface area (TPSA) is 105 Å². The lowest BCUT2D eigenvalue weighted by molar-refractivity contribution is -0.122. The first-order valence-corrected chi connectivity index (χ1v) is 9.49. The molecule has 0 aliphatic heterocycles. The smallest absolute Gasteiger partial charge is 0.257 e. The van der Waals surface area contributed by atoms with Crippen LogP contribution in [0, 0.1) is 0 Å². The first-order chi connectivity index (χ1) is 13.8. The summed E-state index contributed by atoms with van der Waals surface area (Å²) in [5, 5.41) is 13.4. The lowest BCUT2D eigenvalue weighted by Gasteiger charge is -2.14. The number of nitrogens with one attached hydrogen (secondary N) is 1. The Morgan fingerprint density at radius 2 is 2.07 bits per heavy atom. The molecule has 0 saturated carbocycles. The zero-order valence-corrected chi connectivity index (χ0v) is 17.3. The summed E-state index contributed by atoms with van der Waals surface area (Å²) in [4.78, 5) is 27.5. The molecule has 1 aromatic carbocycles. The lowest BCUT2D eigenvalue weighted by atomic mass is 10.0. The molecule has 1 amide bonds. The summed E-state index contributed by atoms with van der Waals surface area (Å²) >= 11 is 6.36. The third-order valence-electron chi connectivity index (χ3n) is 4.08. The van der Waals surface area contributed by atoms with Crippen LogP contribution in [0.2, 0.25) is 5.02 Å². The molecule has 2 aromatic rings. The molecule has 0 saturated heterocycles. The zero-order valence-electron chi connectivity index (χ0n) is 16.6. The lowest BCUT2D eigenvalue weighted by Crippen LogP contribution is -2.29. The number of nitrogen functional groups attached to an aromatic ring is 1. The van der Waals surface area contributed by atoms with E-state index in [1.807, 2.05) is 26.8 Å². The standard InChI is InChI=1S/C22H24ClN3O3/c1-4-5-14(8-13(2)3)20(28)22(29)26-17-6-7-18(19(23)10-17)15-9-16(12-27)21(24)25-11-15/h5-12,20,28H,4H2,1-3H3,(H2,24,25)(H,26,29)/b14-5+. The maximum atomic E-state index is 12.5. The molecule has 0 fully saturated rings. The van der Waals surface area contributed by atoms with Crippen molar-refractivity contribution in [3.8, 4) is 11.1 Å². The minimum Gasteiger partial charge on any atom is -0.383 e. The van der Waals surface area contributed by atoms with E-state index in [9.17, 15) is 14.7 Å². The molecule has 1 unspecified atom stereocenters. The van der Waals surface area contributed by atoms with Crippen LogP contribution in [0.3, 0.4) is 0 Å². The van der Waals surface area contributed by atoms with E-state index in [4.69, 9.17) is 17.3 Å². The Bertz CT molecular complexity index is 979. The van der Waals surface area contributed by atoms with E-state index >= 15 is 0 Å². The number of aromatic nitrogens is 1. The van der Waals surface area contributed by atoms with Gasteiger partial charge in [-0.15, -0.1) is 0 Å². The molecule has 6 nitrogen and oxygen atoms in total. The second kappa shape index (κ2) is 10.0. The number of halogens is 1. The van der Waals surface area contributed by atoms with E-state index in [0.717, 1.165) is 5.57 Å². The van der Waals surface area contributed by atoms with Gasteiger partial charge in [0.15, 0.2) is 12.4 Å². The fourth-order valence-electron chi connectivity index (χ4n) is 2.74. The van der Waals surface area contributed by atoms with E-state index < -0.39 is 12.0 Å². The van der Waals surface area contributed by atoms with Crippen molar-refractivity contribution in [2.75, 3.05) is 11.1 Å². The van der Waals surface area contributed by atoms with Gasteiger partial charge in [0, 0.05) is 23.0 Å². The van der Waals surface area contributed by atoms with Crippen LogP contribution >= 0.6 is 11.6 Å². The molecule has 0 bridgehead atoms.